The zero-order valence-electron chi connectivity index (χ0n) is 15.9. The first-order valence-corrected chi connectivity index (χ1v) is 10.2. The minimum absolute atomic E-state index is 0.0349. The molecule has 0 spiro atoms. The molecule has 28 heavy (non-hydrogen) atoms. The first kappa shape index (κ1) is 24.7. The minimum atomic E-state index is -0.449. The van der Waals surface area contributed by atoms with Crippen molar-refractivity contribution in [2.24, 2.45) is 0 Å². The summed E-state index contributed by atoms with van der Waals surface area (Å²) in [5, 5.41) is 11.4. The van der Waals surface area contributed by atoms with Gasteiger partial charge in [0.15, 0.2) is 0 Å². The van der Waals surface area contributed by atoms with Crippen molar-refractivity contribution in [3.63, 3.8) is 0 Å². The highest BCUT2D eigenvalue weighted by atomic mass is 79.9. The summed E-state index contributed by atoms with van der Waals surface area (Å²) in [7, 11) is 0. The van der Waals surface area contributed by atoms with Gasteiger partial charge in [-0.05, 0) is 12.1 Å². The molecule has 0 fully saturated rings. The lowest BCUT2D eigenvalue weighted by atomic mass is 10.3. The van der Waals surface area contributed by atoms with Crippen molar-refractivity contribution in [1.82, 2.24) is 0 Å². The maximum absolute atomic E-state index is 10.6. The standard InChI is InChI=1S/C18H28BrNO8/c19-5-6-23-7-8-24-9-10-25-11-12-26-13-14-27-15-16-28-18-3-1-17(2-4-18)20(21)22/h1-4H,5-16H2. The summed E-state index contributed by atoms with van der Waals surface area (Å²) in [6.45, 7) is 5.62. The van der Waals surface area contributed by atoms with Crippen LogP contribution >= 0.6 is 15.9 Å². The molecular weight excluding hydrogens is 438 g/mol. The van der Waals surface area contributed by atoms with Gasteiger partial charge in [-0.25, -0.2) is 0 Å². The number of hydrogen-bond donors (Lipinski definition) is 0. The molecule has 1 rings (SSSR count). The lowest BCUT2D eigenvalue weighted by molar-refractivity contribution is -0.384. The van der Waals surface area contributed by atoms with E-state index in [0.717, 1.165) is 5.33 Å². The summed E-state index contributed by atoms with van der Waals surface area (Å²) in [6, 6.07) is 5.92. The van der Waals surface area contributed by atoms with Crippen molar-refractivity contribution in [3.8, 4) is 5.75 Å². The summed E-state index contributed by atoms with van der Waals surface area (Å²) < 4.78 is 32.2. The van der Waals surface area contributed by atoms with Crippen molar-refractivity contribution < 1.29 is 33.3 Å². The van der Waals surface area contributed by atoms with Crippen LogP contribution in [-0.2, 0) is 23.7 Å². The maximum atomic E-state index is 10.6. The molecule has 0 aliphatic rings. The highest BCUT2D eigenvalue weighted by Crippen LogP contribution is 2.16. The van der Waals surface area contributed by atoms with Crippen molar-refractivity contribution in [3.05, 3.63) is 34.4 Å². The van der Waals surface area contributed by atoms with E-state index in [1.807, 2.05) is 0 Å². The van der Waals surface area contributed by atoms with E-state index in [9.17, 15) is 10.1 Å². The largest absolute Gasteiger partial charge is 0.491 e. The smallest absolute Gasteiger partial charge is 0.269 e. The Kier molecular flexibility index (Phi) is 15.7. The minimum Gasteiger partial charge on any atom is -0.491 e. The number of hydrogen-bond acceptors (Lipinski definition) is 8. The Morgan fingerprint density at radius 1 is 0.679 bits per heavy atom. The molecule has 1 aromatic carbocycles. The van der Waals surface area contributed by atoms with Gasteiger partial charge < -0.3 is 28.4 Å². The number of nitro groups is 1. The highest BCUT2D eigenvalue weighted by Gasteiger charge is 2.04. The Bertz CT molecular complexity index is 503. The fourth-order valence-electron chi connectivity index (χ4n) is 1.92. The summed E-state index contributed by atoms with van der Waals surface area (Å²) in [6.07, 6.45) is 0. The molecule has 0 N–H and O–H groups in total. The molecular formula is C18H28BrNO8. The number of non-ortho nitro benzene ring substituents is 1. The van der Waals surface area contributed by atoms with Gasteiger partial charge in [-0.1, -0.05) is 15.9 Å². The van der Waals surface area contributed by atoms with Gasteiger partial charge in [0, 0.05) is 17.5 Å². The van der Waals surface area contributed by atoms with E-state index in [0.29, 0.717) is 78.4 Å². The lowest BCUT2D eigenvalue weighted by Gasteiger charge is -2.08. The van der Waals surface area contributed by atoms with Crippen LogP contribution in [0.15, 0.2) is 24.3 Å². The van der Waals surface area contributed by atoms with Gasteiger partial charge in [-0.3, -0.25) is 10.1 Å². The molecule has 0 aliphatic carbocycles. The molecule has 0 bridgehead atoms. The van der Waals surface area contributed by atoms with Crippen molar-refractivity contribution >= 4 is 21.6 Å². The van der Waals surface area contributed by atoms with E-state index >= 15 is 0 Å². The Hall–Kier alpha value is -1.30. The first-order chi connectivity index (χ1) is 13.7. The second-order valence-electron chi connectivity index (χ2n) is 5.35. The molecule has 0 saturated heterocycles. The number of halogens is 1. The van der Waals surface area contributed by atoms with Crippen LogP contribution in [-0.4, -0.2) is 82.9 Å². The third-order valence-electron chi connectivity index (χ3n) is 3.25. The van der Waals surface area contributed by atoms with Crippen molar-refractivity contribution in [2.45, 2.75) is 0 Å². The van der Waals surface area contributed by atoms with E-state index in [4.69, 9.17) is 28.4 Å². The van der Waals surface area contributed by atoms with E-state index in [1.165, 1.54) is 12.1 Å². The predicted molar refractivity (Wildman–Crippen MR) is 106 cm³/mol. The number of alkyl halides is 1. The maximum Gasteiger partial charge on any atom is 0.269 e. The summed E-state index contributed by atoms with van der Waals surface area (Å²) in [5.41, 5.74) is 0.0349. The molecule has 0 amide bonds. The molecule has 0 atom stereocenters. The number of rotatable bonds is 19. The zero-order valence-corrected chi connectivity index (χ0v) is 17.5. The van der Waals surface area contributed by atoms with Gasteiger partial charge in [-0.15, -0.1) is 0 Å². The zero-order chi connectivity index (χ0) is 20.3. The Morgan fingerprint density at radius 3 is 1.46 bits per heavy atom. The Labute approximate surface area is 173 Å². The summed E-state index contributed by atoms with van der Waals surface area (Å²) >= 11 is 3.28. The average Bonchev–Trinajstić information content (AvgIpc) is 2.70. The van der Waals surface area contributed by atoms with Crippen LogP contribution in [0, 0.1) is 10.1 Å². The highest BCUT2D eigenvalue weighted by molar-refractivity contribution is 9.09. The lowest BCUT2D eigenvalue weighted by Crippen LogP contribution is -2.14. The SMILES string of the molecule is O=[N+]([O-])c1ccc(OCCOCCOCCOCCOCCOCCBr)cc1. The normalized spacial score (nSPS) is 10.9. The van der Waals surface area contributed by atoms with Gasteiger partial charge in [0.25, 0.3) is 5.69 Å². The van der Waals surface area contributed by atoms with Crippen LogP contribution in [0.25, 0.3) is 0 Å². The average molecular weight is 466 g/mol. The molecule has 160 valence electrons. The molecule has 0 unspecified atom stereocenters. The van der Waals surface area contributed by atoms with Crippen LogP contribution in [0.2, 0.25) is 0 Å². The third-order valence-corrected chi connectivity index (χ3v) is 3.58. The fourth-order valence-corrected chi connectivity index (χ4v) is 2.15. The van der Waals surface area contributed by atoms with Gasteiger partial charge in [0.05, 0.1) is 71.0 Å². The quantitative estimate of drug-likeness (QED) is 0.133. The Balaban J connectivity index is 1.79. The number of nitrogens with zero attached hydrogens (tertiary/aromatic N) is 1. The van der Waals surface area contributed by atoms with E-state index in [1.54, 1.807) is 12.1 Å². The topological polar surface area (TPSA) is 98.5 Å². The molecule has 0 aliphatic heterocycles. The molecule has 0 heterocycles. The number of ether oxygens (including phenoxy) is 6. The van der Waals surface area contributed by atoms with E-state index < -0.39 is 4.92 Å². The second kappa shape index (κ2) is 17.8. The van der Waals surface area contributed by atoms with Gasteiger partial charge in [0.1, 0.15) is 12.4 Å². The molecule has 0 radical (unpaired) electrons. The second-order valence-corrected chi connectivity index (χ2v) is 6.14. The molecule has 10 heteroatoms. The van der Waals surface area contributed by atoms with Crippen LogP contribution in [0.3, 0.4) is 0 Å². The van der Waals surface area contributed by atoms with Crippen LogP contribution in [0.5, 0.6) is 5.75 Å². The van der Waals surface area contributed by atoms with Crippen molar-refractivity contribution in [1.29, 1.82) is 0 Å². The monoisotopic (exact) mass is 465 g/mol. The van der Waals surface area contributed by atoms with E-state index in [2.05, 4.69) is 15.9 Å². The summed E-state index contributed by atoms with van der Waals surface area (Å²) in [4.78, 5) is 10.1. The van der Waals surface area contributed by atoms with Gasteiger partial charge in [-0.2, -0.15) is 0 Å². The van der Waals surface area contributed by atoms with Gasteiger partial charge >= 0.3 is 0 Å². The fraction of sp³-hybridized carbons (Fsp3) is 0.667. The van der Waals surface area contributed by atoms with Crippen LogP contribution in [0.4, 0.5) is 5.69 Å². The molecule has 0 aromatic heterocycles. The summed E-state index contributed by atoms with van der Waals surface area (Å²) in [5.74, 6) is 0.568. The molecule has 0 saturated carbocycles. The molecule has 9 nitrogen and oxygen atoms in total. The van der Waals surface area contributed by atoms with Crippen molar-refractivity contribution in [2.75, 3.05) is 78.0 Å². The van der Waals surface area contributed by atoms with Crippen LogP contribution in [0.1, 0.15) is 0 Å². The third kappa shape index (κ3) is 13.8. The van der Waals surface area contributed by atoms with Crippen LogP contribution < -0.4 is 4.74 Å². The molecule has 1 aromatic rings. The van der Waals surface area contributed by atoms with E-state index in [-0.39, 0.29) is 5.69 Å². The first-order valence-electron chi connectivity index (χ1n) is 9.06. The predicted octanol–water partition coefficient (Wildman–Crippen LogP) is 2.45. The Morgan fingerprint density at radius 2 is 1.07 bits per heavy atom. The van der Waals surface area contributed by atoms with Gasteiger partial charge in [0.2, 0.25) is 0 Å². The number of benzene rings is 1. The number of nitro benzene ring substituents is 1.